The molecular weight excluding hydrogens is 619 g/mol. The van der Waals surface area contributed by atoms with Gasteiger partial charge in [0.05, 0.1) is 16.8 Å². The van der Waals surface area contributed by atoms with E-state index in [-0.39, 0.29) is 5.41 Å². The van der Waals surface area contributed by atoms with Gasteiger partial charge < -0.3 is 9.32 Å². The highest BCUT2D eigenvalue weighted by Gasteiger charge is 2.36. The molecule has 0 aliphatic heterocycles. The molecule has 0 spiro atoms. The van der Waals surface area contributed by atoms with Crippen LogP contribution in [0.3, 0.4) is 0 Å². The lowest BCUT2D eigenvalue weighted by Gasteiger charge is -2.31. The molecule has 1 aromatic heterocycles. The van der Waals surface area contributed by atoms with Gasteiger partial charge in [-0.15, -0.1) is 0 Å². The van der Waals surface area contributed by atoms with Crippen molar-refractivity contribution in [1.82, 2.24) is 0 Å². The van der Waals surface area contributed by atoms with Gasteiger partial charge in [-0.1, -0.05) is 153 Å². The third kappa shape index (κ3) is 4.57. The molecule has 0 fully saturated rings. The molecule has 8 aromatic carbocycles. The fourth-order valence-electron chi connectivity index (χ4n) is 8.40. The minimum atomic E-state index is -0.144. The van der Waals surface area contributed by atoms with Crippen molar-refractivity contribution in [3.8, 4) is 33.4 Å². The van der Waals surface area contributed by atoms with Gasteiger partial charge in [0.15, 0.2) is 0 Å². The maximum atomic E-state index is 6.49. The van der Waals surface area contributed by atoms with Gasteiger partial charge in [0, 0.05) is 22.1 Å². The smallest absolute Gasteiger partial charge is 0.137 e. The van der Waals surface area contributed by atoms with Gasteiger partial charge in [-0.25, -0.2) is 0 Å². The first kappa shape index (κ1) is 29.5. The molecule has 0 unspecified atom stereocenters. The summed E-state index contributed by atoms with van der Waals surface area (Å²) < 4.78 is 6.49. The lowest BCUT2D eigenvalue weighted by Crippen LogP contribution is -2.17. The predicted octanol–water partition coefficient (Wildman–Crippen LogP) is 13.8. The molecule has 10 rings (SSSR count). The van der Waals surface area contributed by atoms with Crippen molar-refractivity contribution in [2.24, 2.45) is 0 Å². The van der Waals surface area contributed by atoms with E-state index in [0.29, 0.717) is 0 Å². The Morgan fingerprint density at radius 3 is 2.00 bits per heavy atom. The molecule has 0 saturated carbocycles. The number of hydrogen-bond acceptors (Lipinski definition) is 2. The fraction of sp³-hybridized carbons (Fsp3) is 0.0612. The molecule has 9 aromatic rings. The van der Waals surface area contributed by atoms with Gasteiger partial charge in [-0.05, 0) is 86.1 Å². The maximum Gasteiger partial charge on any atom is 0.137 e. The molecule has 1 heterocycles. The number of anilines is 3. The first-order valence-electron chi connectivity index (χ1n) is 17.7. The molecule has 0 radical (unpaired) electrons. The summed E-state index contributed by atoms with van der Waals surface area (Å²) in [5.41, 5.74) is 15.0. The summed E-state index contributed by atoms with van der Waals surface area (Å²) >= 11 is 0. The predicted molar refractivity (Wildman–Crippen MR) is 214 cm³/mol. The van der Waals surface area contributed by atoms with Crippen LogP contribution in [0.2, 0.25) is 0 Å². The fourth-order valence-corrected chi connectivity index (χ4v) is 8.40. The van der Waals surface area contributed by atoms with Gasteiger partial charge in [-0.3, -0.25) is 0 Å². The van der Waals surface area contributed by atoms with E-state index in [2.05, 4.69) is 189 Å². The van der Waals surface area contributed by atoms with Crippen LogP contribution in [0, 0.1) is 0 Å². The molecule has 0 amide bonds. The average molecular weight is 654 g/mol. The molecule has 0 saturated heterocycles. The Labute approximate surface area is 297 Å². The first-order valence-corrected chi connectivity index (χ1v) is 17.7. The van der Waals surface area contributed by atoms with Crippen LogP contribution in [0.4, 0.5) is 17.1 Å². The lowest BCUT2D eigenvalue weighted by molar-refractivity contribution is 0.660. The van der Waals surface area contributed by atoms with Crippen LogP contribution >= 0.6 is 0 Å². The summed E-state index contributed by atoms with van der Waals surface area (Å²) in [5.74, 6) is 0. The van der Waals surface area contributed by atoms with E-state index in [1.54, 1.807) is 0 Å². The minimum absolute atomic E-state index is 0.144. The molecular formula is C49H35NO. The summed E-state index contributed by atoms with van der Waals surface area (Å²) in [6, 6.07) is 63.8. The monoisotopic (exact) mass is 653 g/mol. The number of benzene rings is 8. The Morgan fingerprint density at radius 1 is 0.431 bits per heavy atom. The van der Waals surface area contributed by atoms with Crippen LogP contribution in [0.15, 0.2) is 180 Å². The van der Waals surface area contributed by atoms with Crippen molar-refractivity contribution in [3.63, 3.8) is 0 Å². The Hall–Kier alpha value is -6.38. The highest BCUT2D eigenvalue weighted by Crippen LogP contribution is 2.52. The molecule has 242 valence electrons. The van der Waals surface area contributed by atoms with E-state index in [1.807, 2.05) is 6.07 Å². The summed E-state index contributed by atoms with van der Waals surface area (Å²) in [6.45, 7) is 4.71. The molecule has 0 N–H and O–H groups in total. The maximum absolute atomic E-state index is 6.49. The second-order valence-electron chi connectivity index (χ2n) is 14.1. The molecule has 2 nitrogen and oxygen atoms in total. The second-order valence-corrected chi connectivity index (χ2v) is 14.1. The Kier molecular flexibility index (Phi) is 6.56. The number of nitrogens with zero attached hydrogens (tertiary/aromatic N) is 1. The van der Waals surface area contributed by atoms with Crippen molar-refractivity contribution in [2.45, 2.75) is 19.3 Å². The summed E-state index contributed by atoms with van der Waals surface area (Å²) in [4.78, 5) is 2.47. The number of rotatable bonds is 5. The van der Waals surface area contributed by atoms with Crippen molar-refractivity contribution >= 4 is 49.8 Å². The Bertz CT molecular complexity index is 2780. The molecule has 0 bridgehead atoms. The van der Waals surface area contributed by atoms with Crippen LogP contribution in [0.5, 0.6) is 0 Å². The van der Waals surface area contributed by atoms with E-state index in [0.717, 1.165) is 44.6 Å². The SMILES string of the molecule is CC1(C)c2ccccc2-c2ccc(N(c3cc(-c4cccc5ccccc45)ccc3-c3ccccc3)c3cccc4oc5ccccc5c34)cc21. The highest BCUT2D eigenvalue weighted by molar-refractivity contribution is 6.14. The summed E-state index contributed by atoms with van der Waals surface area (Å²) in [5, 5.41) is 4.68. The minimum Gasteiger partial charge on any atom is -0.456 e. The highest BCUT2D eigenvalue weighted by atomic mass is 16.3. The van der Waals surface area contributed by atoms with E-state index in [1.165, 1.54) is 49.7 Å². The largest absolute Gasteiger partial charge is 0.456 e. The standard InChI is InChI=1S/C49H35NO/c1-49(2)42-22-10-8-19-39(42)40-29-27-35(31-43(40)49)50(44-23-13-25-47-48(44)41-20-9-11-24-46(41)51-47)45-30-34(26-28-38(45)33-14-4-3-5-15-33)37-21-12-17-32-16-6-7-18-36(32)37/h3-31H,1-2H3. The molecule has 0 atom stereocenters. The van der Waals surface area contributed by atoms with E-state index in [9.17, 15) is 0 Å². The molecule has 1 aliphatic carbocycles. The van der Waals surface area contributed by atoms with Gasteiger partial charge in [0.1, 0.15) is 11.2 Å². The van der Waals surface area contributed by atoms with Crippen LogP contribution in [0.1, 0.15) is 25.0 Å². The number of furan rings is 1. The summed E-state index contributed by atoms with van der Waals surface area (Å²) in [6.07, 6.45) is 0. The van der Waals surface area contributed by atoms with Crippen LogP contribution in [-0.4, -0.2) is 0 Å². The average Bonchev–Trinajstić information content (AvgIpc) is 3.67. The zero-order valence-electron chi connectivity index (χ0n) is 28.6. The number of fused-ring (bicyclic) bond motifs is 7. The van der Waals surface area contributed by atoms with Gasteiger partial charge >= 0.3 is 0 Å². The third-order valence-corrected chi connectivity index (χ3v) is 10.9. The van der Waals surface area contributed by atoms with E-state index < -0.39 is 0 Å². The van der Waals surface area contributed by atoms with Crippen molar-refractivity contribution in [3.05, 3.63) is 187 Å². The van der Waals surface area contributed by atoms with Crippen molar-refractivity contribution < 1.29 is 4.42 Å². The number of para-hydroxylation sites is 1. The Balaban J connectivity index is 1.30. The van der Waals surface area contributed by atoms with Gasteiger partial charge in [0.2, 0.25) is 0 Å². The van der Waals surface area contributed by atoms with Gasteiger partial charge in [-0.2, -0.15) is 0 Å². The van der Waals surface area contributed by atoms with Crippen molar-refractivity contribution in [2.75, 3.05) is 4.90 Å². The van der Waals surface area contributed by atoms with Crippen LogP contribution in [0.25, 0.3) is 66.1 Å². The second kappa shape index (κ2) is 11.3. The first-order chi connectivity index (χ1) is 25.1. The van der Waals surface area contributed by atoms with Crippen LogP contribution in [-0.2, 0) is 5.41 Å². The molecule has 1 aliphatic rings. The Morgan fingerprint density at radius 2 is 1.10 bits per heavy atom. The van der Waals surface area contributed by atoms with E-state index >= 15 is 0 Å². The van der Waals surface area contributed by atoms with Crippen LogP contribution < -0.4 is 4.90 Å². The molecule has 51 heavy (non-hydrogen) atoms. The topological polar surface area (TPSA) is 16.4 Å². The third-order valence-electron chi connectivity index (χ3n) is 10.9. The number of hydrogen-bond donors (Lipinski definition) is 0. The zero-order chi connectivity index (χ0) is 34.1. The van der Waals surface area contributed by atoms with E-state index in [4.69, 9.17) is 4.42 Å². The molecule has 2 heteroatoms. The lowest BCUT2D eigenvalue weighted by atomic mass is 9.82. The van der Waals surface area contributed by atoms with Gasteiger partial charge in [0.25, 0.3) is 0 Å². The summed E-state index contributed by atoms with van der Waals surface area (Å²) in [7, 11) is 0. The normalized spacial score (nSPS) is 13.1. The van der Waals surface area contributed by atoms with Crippen molar-refractivity contribution in [1.29, 1.82) is 0 Å². The quantitative estimate of drug-likeness (QED) is 0.184. The zero-order valence-corrected chi connectivity index (χ0v) is 28.6.